The van der Waals surface area contributed by atoms with Crippen molar-refractivity contribution in [1.29, 1.82) is 0 Å². The van der Waals surface area contributed by atoms with E-state index in [1.54, 1.807) is 0 Å². The number of fused-ring (bicyclic) bond motifs is 2. The minimum Gasteiger partial charge on any atom is -0.456 e. The average molecular weight is 290 g/mol. The van der Waals surface area contributed by atoms with E-state index >= 15 is 0 Å². The van der Waals surface area contributed by atoms with Crippen LogP contribution in [-0.2, 0) is 0 Å². The van der Waals surface area contributed by atoms with Gasteiger partial charge in [-0.2, -0.15) is 0 Å². The van der Waals surface area contributed by atoms with E-state index in [9.17, 15) is 0 Å². The molecule has 0 radical (unpaired) electrons. The summed E-state index contributed by atoms with van der Waals surface area (Å²) < 4.78 is 6.00. The van der Waals surface area contributed by atoms with Crippen molar-refractivity contribution in [2.24, 2.45) is 0 Å². The highest BCUT2D eigenvalue weighted by atomic mass is 28.3. The molecule has 3 rings (SSSR count). The summed E-state index contributed by atoms with van der Waals surface area (Å²) in [6.07, 6.45) is 4.19. The summed E-state index contributed by atoms with van der Waals surface area (Å²) in [5.74, 6) is 5.08. The van der Waals surface area contributed by atoms with Crippen LogP contribution >= 0.6 is 0 Å². The summed E-state index contributed by atoms with van der Waals surface area (Å²) >= 11 is 0. The Morgan fingerprint density at radius 3 is 2.38 bits per heavy atom. The van der Waals surface area contributed by atoms with Gasteiger partial charge in [-0.15, -0.1) is 5.54 Å². The van der Waals surface area contributed by atoms with Gasteiger partial charge in [0.1, 0.15) is 19.6 Å². The molecule has 2 heteroatoms. The van der Waals surface area contributed by atoms with Crippen molar-refractivity contribution in [1.82, 2.24) is 0 Å². The molecule has 2 aromatic carbocycles. The van der Waals surface area contributed by atoms with E-state index in [0.29, 0.717) is 0 Å². The van der Waals surface area contributed by atoms with Gasteiger partial charge in [0.25, 0.3) is 0 Å². The monoisotopic (exact) mass is 290 g/mol. The maximum Gasteiger partial charge on any atom is 0.134 e. The molecule has 0 aliphatic carbocycles. The first-order chi connectivity index (χ1) is 10.0. The first-order valence-electron chi connectivity index (χ1n) is 7.13. The van der Waals surface area contributed by atoms with Crippen molar-refractivity contribution in [3.8, 4) is 23.0 Å². The molecule has 0 unspecified atom stereocenters. The maximum absolute atomic E-state index is 6.00. The lowest BCUT2D eigenvalue weighted by atomic mass is 10.1. The highest BCUT2D eigenvalue weighted by Gasteiger charge is 2.11. The molecule has 1 aliphatic heterocycles. The second kappa shape index (κ2) is 5.27. The Morgan fingerprint density at radius 1 is 0.857 bits per heavy atom. The second-order valence-electron chi connectivity index (χ2n) is 6.23. The lowest BCUT2D eigenvalue weighted by molar-refractivity contribution is 0.481. The smallest absolute Gasteiger partial charge is 0.134 e. The van der Waals surface area contributed by atoms with E-state index in [1.165, 1.54) is 0 Å². The fourth-order valence-corrected chi connectivity index (χ4v) is 2.64. The molecular weight excluding hydrogens is 272 g/mol. The van der Waals surface area contributed by atoms with Gasteiger partial charge in [0.2, 0.25) is 0 Å². The molecule has 1 heterocycles. The molecule has 1 nitrogen and oxygen atoms in total. The number of hydrogen-bond donors (Lipinski definition) is 0. The van der Waals surface area contributed by atoms with E-state index in [2.05, 4.69) is 55.4 Å². The lowest BCUT2D eigenvalue weighted by Crippen LogP contribution is -2.16. The van der Waals surface area contributed by atoms with Crippen LogP contribution in [0.15, 0.2) is 42.5 Å². The number of hydrogen-bond acceptors (Lipinski definition) is 1. The van der Waals surface area contributed by atoms with E-state index < -0.39 is 8.07 Å². The van der Waals surface area contributed by atoms with Crippen molar-refractivity contribution < 1.29 is 4.74 Å². The Kier molecular flexibility index (Phi) is 3.45. The Morgan fingerprint density at radius 2 is 1.57 bits per heavy atom. The summed E-state index contributed by atoms with van der Waals surface area (Å²) in [6, 6.07) is 14.2. The first kappa shape index (κ1) is 13.7. The SMILES string of the molecule is C[Si](C)(C)C#Cc1ccc2c(c1)C=Cc1ccccc1O2. The molecule has 0 saturated carbocycles. The van der Waals surface area contributed by atoms with Crippen LogP contribution in [0.25, 0.3) is 12.2 Å². The zero-order chi connectivity index (χ0) is 14.9. The summed E-state index contributed by atoms with van der Waals surface area (Å²) in [5.41, 5.74) is 6.63. The fourth-order valence-electron chi connectivity index (χ4n) is 2.12. The Hall–Kier alpha value is -2.24. The molecule has 0 fully saturated rings. The Balaban J connectivity index is 1.99. The van der Waals surface area contributed by atoms with Gasteiger partial charge in [0.15, 0.2) is 0 Å². The minimum atomic E-state index is -1.35. The van der Waals surface area contributed by atoms with Crippen LogP contribution in [0.5, 0.6) is 11.5 Å². The molecule has 0 atom stereocenters. The third-order valence-electron chi connectivity index (χ3n) is 3.17. The number of rotatable bonds is 0. The second-order valence-corrected chi connectivity index (χ2v) is 11.0. The van der Waals surface area contributed by atoms with Crippen LogP contribution in [0.4, 0.5) is 0 Å². The highest BCUT2D eigenvalue weighted by Crippen LogP contribution is 2.34. The summed E-state index contributed by atoms with van der Waals surface area (Å²) in [4.78, 5) is 0. The van der Waals surface area contributed by atoms with Crippen molar-refractivity contribution in [3.05, 3.63) is 59.2 Å². The van der Waals surface area contributed by atoms with Crippen molar-refractivity contribution in [2.45, 2.75) is 19.6 Å². The number of benzene rings is 2. The normalized spacial score (nSPS) is 12.3. The molecule has 104 valence electrons. The van der Waals surface area contributed by atoms with Gasteiger partial charge in [-0.3, -0.25) is 0 Å². The zero-order valence-electron chi connectivity index (χ0n) is 12.6. The Labute approximate surface area is 127 Å². The Bertz CT molecular complexity index is 770. The number of para-hydroxylation sites is 1. The highest BCUT2D eigenvalue weighted by molar-refractivity contribution is 6.83. The maximum atomic E-state index is 6.00. The van der Waals surface area contributed by atoms with E-state index in [1.807, 2.05) is 30.3 Å². The molecule has 0 N–H and O–H groups in total. The molecule has 1 aliphatic rings. The molecule has 0 aromatic heterocycles. The molecule has 0 spiro atoms. The van der Waals surface area contributed by atoms with E-state index in [4.69, 9.17) is 4.74 Å². The summed E-state index contributed by atoms with van der Waals surface area (Å²) in [7, 11) is -1.35. The quantitative estimate of drug-likeness (QED) is 0.409. The minimum absolute atomic E-state index is 0.884. The standard InChI is InChI=1S/C19H18OSi/c1-21(2,3)13-12-15-8-11-19-17(14-15)10-9-16-6-4-5-7-18(16)20-19/h4-11,14H,1-3H3. The molecule has 0 bridgehead atoms. The predicted octanol–water partition coefficient (Wildman–Crippen LogP) is 5.19. The lowest BCUT2D eigenvalue weighted by Gasteiger charge is -2.09. The molecular formula is C19H18OSi. The van der Waals surface area contributed by atoms with Gasteiger partial charge in [-0.25, -0.2) is 0 Å². The molecule has 0 saturated heterocycles. The topological polar surface area (TPSA) is 9.23 Å². The van der Waals surface area contributed by atoms with Crippen molar-refractivity contribution in [3.63, 3.8) is 0 Å². The molecule has 2 aromatic rings. The van der Waals surface area contributed by atoms with Gasteiger partial charge < -0.3 is 4.74 Å². The third-order valence-corrected chi connectivity index (χ3v) is 4.05. The first-order valence-corrected chi connectivity index (χ1v) is 10.6. The van der Waals surface area contributed by atoms with Gasteiger partial charge >= 0.3 is 0 Å². The summed E-state index contributed by atoms with van der Waals surface area (Å²) in [5, 5.41) is 0. The zero-order valence-corrected chi connectivity index (χ0v) is 13.6. The fraction of sp³-hybridized carbons (Fsp3) is 0.158. The van der Waals surface area contributed by atoms with Gasteiger partial charge in [0.05, 0.1) is 0 Å². The summed E-state index contributed by atoms with van der Waals surface area (Å²) in [6.45, 7) is 6.76. The van der Waals surface area contributed by atoms with Crippen LogP contribution in [0.3, 0.4) is 0 Å². The van der Waals surface area contributed by atoms with Crippen molar-refractivity contribution in [2.75, 3.05) is 0 Å². The van der Waals surface area contributed by atoms with Crippen LogP contribution in [0, 0.1) is 11.5 Å². The van der Waals surface area contributed by atoms with Crippen LogP contribution < -0.4 is 4.74 Å². The largest absolute Gasteiger partial charge is 0.456 e. The van der Waals surface area contributed by atoms with Gasteiger partial charge in [-0.05, 0) is 24.3 Å². The van der Waals surface area contributed by atoms with E-state index in [-0.39, 0.29) is 0 Å². The van der Waals surface area contributed by atoms with Crippen LogP contribution in [-0.4, -0.2) is 8.07 Å². The molecule has 21 heavy (non-hydrogen) atoms. The van der Waals surface area contributed by atoms with Crippen molar-refractivity contribution >= 4 is 20.2 Å². The molecule has 0 amide bonds. The third kappa shape index (κ3) is 3.26. The average Bonchev–Trinajstić information content (AvgIpc) is 2.63. The number of ether oxygens (including phenoxy) is 1. The predicted molar refractivity (Wildman–Crippen MR) is 92.1 cm³/mol. The van der Waals surface area contributed by atoms with Crippen LogP contribution in [0.2, 0.25) is 19.6 Å². The van der Waals surface area contributed by atoms with Gasteiger partial charge in [0, 0.05) is 16.7 Å². The van der Waals surface area contributed by atoms with E-state index in [0.717, 1.165) is 28.2 Å². The van der Waals surface area contributed by atoms with Crippen LogP contribution in [0.1, 0.15) is 16.7 Å². The van der Waals surface area contributed by atoms with Gasteiger partial charge in [-0.1, -0.05) is 55.9 Å².